The van der Waals surface area contributed by atoms with Crippen LogP contribution in [0.4, 0.5) is 0 Å². The van der Waals surface area contributed by atoms with Crippen LogP contribution in [-0.4, -0.2) is 17.4 Å². The molecule has 0 bridgehead atoms. The van der Waals surface area contributed by atoms with E-state index in [1.807, 2.05) is 12.1 Å². The Kier molecular flexibility index (Phi) is 3.20. The van der Waals surface area contributed by atoms with Gasteiger partial charge >= 0.3 is 0 Å². The molecule has 0 radical (unpaired) electrons. The Morgan fingerprint density at radius 2 is 1.95 bits per heavy atom. The number of aromatic nitrogens is 2. The molecule has 2 aromatic heterocycles. The molecular weight excluding hydrogens is 286 g/mol. The minimum atomic E-state index is -3.54. The van der Waals surface area contributed by atoms with E-state index in [0.29, 0.717) is 22.2 Å². The van der Waals surface area contributed by atoms with E-state index in [1.54, 1.807) is 36.4 Å². The molecule has 0 N–H and O–H groups in total. The average molecular weight is 297 g/mol. The fraction of sp³-hybridized carbons (Fsp3) is 0.0667. The molecule has 6 heteroatoms. The fourth-order valence-corrected chi connectivity index (χ4v) is 3.56. The number of nitriles is 1. The molecule has 104 valence electrons. The minimum Gasteiger partial charge on any atom is -0.236 e. The molecule has 0 aliphatic carbocycles. The van der Waals surface area contributed by atoms with Crippen molar-refractivity contribution in [1.82, 2.24) is 8.96 Å². The fourth-order valence-electron chi connectivity index (χ4n) is 2.14. The molecule has 21 heavy (non-hydrogen) atoms. The Labute approximate surface area is 122 Å². The van der Waals surface area contributed by atoms with Crippen molar-refractivity contribution >= 4 is 21.1 Å². The van der Waals surface area contributed by atoms with Crippen molar-refractivity contribution in [2.75, 3.05) is 0 Å². The monoisotopic (exact) mass is 297 g/mol. The molecule has 0 atom stereocenters. The van der Waals surface area contributed by atoms with Gasteiger partial charge in [0.15, 0.2) is 5.65 Å². The molecule has 0 spiro atoms. The van der Waals surface area contributed by atoms with Gasteiger partial charge in [-0.1, -0.05) is 30.3 Å². The predicted molar refractivity (Wildman–Crippen MR) is 78.9 cm³/mol. The number of hydrogen-bond donors (Lipinski definition) is 0. The van der Waals surface area contributed by atoms with E-state index >= 15 is 0 Å². The zero-order valence-corrected chi connectivity index (χ0v) is 11.8. The average Bonchev–Trinajstić information content (AvgIpc) is 2.91. The molecule has 0 amide bonds. The lowest BCUT2D eigenvalue weighted by atomic mass is 10.2. The highest BCUT2D eigenvalue weighted by Crippen LogP contribution is 2.19. The van der Waals surface area contributed by atoms with Crippen molar-refractivity contribution in [3.8, 4) is 6.07 Å². The van der Waals surface area contributed by atoms with E-state index < -0.39 is 10.0 Å². The van der Waals surface area contributed by atoms with Crippen LogP contribution < -0.4 is 0 Å². The van der Waals surface area contributed by atoms with E-state index in [0.717, 1.165) is 3.97 Å². The Hall–Kier alpha value is -2.65. The number of nitrogens with zero attached hydrogens (tertiary/aromatic N) is 3. The normalized spacial score (nSPS) is 11.4. The second-order valence-corrected chi connectivity index (χ2v) is 6.45. The standard InChI is InChI=1S/C15H11N3O2S/c16-9-13-8-14-6-7-18(15(14)17-10-13)21(19,20)11-12-4-2-1-3-5-12/h1-8,10H,11H2. The minimum absolute atomic E-state index is 0.0979. The number of rotatable bonds is 3. The summed E-state index contributed by atoms with van der Waals surface area (Å²) in [6, 6.07) is 14.2. The van der Waals surface area contributed by atoms with Gasteiger partial charge in [0.1, 0.15) is 6.07 Å². The SMILES string of the molecule is N#Cc1cnc2c(ccn2S(=O)(=O)Cc2ccccc2)c1. The maximum Gasteiger partial charge on any atom is 0.244 e. The second kappa shape index (κ2) is 5.04. The maximum atomic E-state index is 12.5. The summed E-state index contributed by atoms with van der Waals surface area (Å²) in [5.41, 5.74) is 1.46. The van der Waals surface area contributed by atoms with Gasteiger partial charge in [0, 0.05) is 17.8 Å². The van der Waals surface area contributed by atoms with Crippen LogP contribution in [0.3, 0.4) is 0 Å². The lowest BCUT2D eigenvalue weighted by Crippen LogP contribution is -2.14. The van der Waals surface area contributed by atoms with Gasteiger partial charge in [0.2, 0.25) is 10.0 Å². The zero-order valence-electron chi connectivity index (χ0n) is 11.0. The first-order valence-corrected chi connectivity index (χ1v) is 7.85. The quantitative estimate of drug-likeness (QED) is 0.743. The number of hydrogen-bond acceptors (Lipinski definition) is 4. The van der Waals surface area contributed by atoms with Crippen LogP contribution in [0.5, 0.6) is 0 Å². The van der Waals surface area contributed by atoms with Crippen LogP contribution >= 0.6 is 0 Å². The van der Waals surface area contributed by atoms with Crippen LogP contribution in [0.15, 0.2) is 54.9 Å². The van der Waals surface area contributed by atoms with Gasteiger partial charge in [0.25, 0.3) is 0 Å². The summed E-state index contributed by atoms with van der Waals surface area (Å²) in [4.78, 5) is 4.08. The molecule has 1 aromatic carbocycles. The summed E-state index contributed by atoms with van der Waals surface area (Å²) in [7, 11) is -3.54. The molecule has 3 aromatic rings. The maximum absolute atomic E-state index is 12.5. The summed E-state index contributed by atoms with van der Waals surface area (Å²) >= 11 is 0. The molecule has 0 unspecified atom stereocenters. The first-order chi connectivity index (χ1) is 10.1. The van der Waals surface area contributed by atoms with Gasteiger partial charge < -0.3 is 0 Å². The zero-order chi connectivity index (χ0) is 14.9. The van der Waals surface area contributed by atoms with Crippen LogP contribution in [0.25, 0.3) is 11.0 Å². The summed E-state index contributed by atoms with van der Waals surface area (Å²) in [5.74, 6) is -0.0979. The molecule has 0 aliphatic heterocycles. The lowest BCUT2D eigenvalue weighted by molar-refractivity contribution is 0.588. The third-order valence-corrected chi connectivity index (χ3v) is 4.71. The highest BCUT2D eigenvalue weighted by atomic mass is 32.2. The molecule has 5 nitrogen and oxygen atoms in total. The first kappa shape index (κ1) is 13.3. The first-order valence-electron chi connectivity index (χ1n) is 6.24. The highest BCUT2D eigenvalue weighted by Gasteiger charge is 2.17. The topological polar surface area (TPSA) is 75.8 Å². The third kappa shape index (κ3) is 2.51. The van der Waals surface area contributed by atoms with Crippen molar-refractivity contribution in [2.45, 2.75) is 5.75 Å². The Bertz CT molecular complexity index is 938. The van der Waals surface area contributed by atoms with Crippen molar-refractivity contribution in [3.05, 3.63) is 66.0 Å². The van der Waals surface area contributed by atoms with E-state index in [-0.39, 0.29) is 5.75 Å². The van der Waals surface area contributed by atoms with Gasteiger partial charge in [-0.3, -0.25) is 0 Å². The Balaban J connectivity index is 2.06. The van der Waals surface area contributed by atoms with Gasteiger partial charge in [-0.05, 0) is 17.7 Å². The van der Waals surface area contributed by atoms with Crippen molar-refractivity contribution < 1.29 is 8.42 Å². The van der Waals surface area contributed by atoms with Crippen LogP contribution in [0.2, 0.25) is 0 Å². The lowest BCUT2D eigenvalue weighted by Gasteiger charge is -2.07. The highest BCUT2D eigenvalue weighted by molar-refractivity contribution is 7.89. The molecular formula is C15H11N3O2S. The van der Waals surface area contributed by atoms with Gasteiger partial charge in [-0.25, -0.2) is 17.4 Å². The van der Waals surface area contributed by atoms with Crippen molar-refractivity contribution in [1.29, 1.82) is 5.26 Å². The van der Waals surface area contributed by atoms with Crippen molar-refractivity contribution in [3.63, 3.8) is 0 Å². The van der Waals surface area contributed by atoms with Crippen LogP contribution in [-0.2, 0) is 15.8 Å². The molecule has 2 heterocycles. The van der Waals surface area contributed by atoms with E-state index in [9.17, 15) is 8.42 Å². The number of pyridine rings is 1. The van der Waals surface area contributed by atoms with Gasteiger partial charge in [-0.15, -0.1) is 0 Å². The van der Waals surface area contributed by atoms with E-state index in [2.05, 4.69) is 4.98 Å². The van der Waals surface area contributed by atoms with Crippen molar-refractivity contribution in [2.24, 2.45) is 0 Å². The Morgan fingerprint density at radius 1 is 1.19 bits per heavy atom. The second-order valence-electron chi connectivity index (χ2n) is 4.60. The molecule has 0 saturated heterocycles. The van der Waals surface area contributed by atoms with Gasteiger partial charge in [0.05, 0.1) is 11.3 Å². The summed E-state index contributed by atoms with van der Waals surface area (Å²) < 4.78 is 26.1. The molecule has 0 saturated carbocycles. The summed E-state index contributed by atoms with van der Waals surface area (Å²) in [5, 5.41) is 9.47. The van der Waals surface area contributed by atoms with Crippen LogP contribution in [0, 0.1) is 11.3 Å². The van der Waals surface area contributed by atoms with Gasteiger partial charge in [-0.2, -0.15) is 5.26 Å². The number of benzene rings is 1. The predicted octanol–water partition coefficient (Wildman–Crippen LogP) is 2.29. The third-order valence-electron chi connectivity index (χ3n) is 3.11. The molecule has 0 fully saturated rings. The molecule has 0 aliphatic rings. The summed E-state index contributed by atoms with van der Waals surface area (Å²) in [6.07, 6.45) is 2.84. The van der Waals surface area contributed by atoms with Crippen LogP contribution in [0.1, 0.15) is 11.1 Å². The Morgan fingerprint density at radius 3 is 2.67 bits per heavy atom. The largest absolute Gasteiger partial charge is 0.244 e. The number of fused-ring (bicyclic) bond motifs is 1. The van der Waals surface area contributed by atoms with E-state index in [1.165, 1.54) is 12.4 Å². The smallest absolute Gasteiger partial charge is 0.236 e. The van der Waals surface area contributed by atoms with E-state index in [4.69, 9.17) is 5.26 Å². The molecule has 3 rings (SSSR count). The summed E-state index contributed by atoms with van der Waals surface area (Å²) in [6.45, 7) is 0.